The van der Waals surface area contributed by atoms with E-state index in [1.165, 1.54) is 29.1 Å². The monoisotopic (exact) mass is 1110 g/mol. The molecule has 6 aromatic rings. The summed E-state index contributed by atoms with van der Waals surface area (Å²) in [5, 5.41) is 23.1. The van der Waals surface area contributed by atoms with Gasteiger partial charge in [-0.3, -0.25) is 19.2 Å². The minimum Gasteiger partial charge on any atom is -0.416 e. The number of imidazole rings is 2. The van der Waals surface area contributed by atoms with Crippen LogP contribution < -0.4 is 9.80 Å². The molecule has 0 radical (unpaired) electrons. The average molecular weight is 1110 g/mol. The lowest BCUT2D eigenvalue weighted by molar-refractivity contribution is -0.126. The molecule has 14 nitrogen and oxygen atoms in total. The molecule has 16 heteroatoms. The summed E-state index contributed by atoms with van der Waals surface area (Å²) in [6.45, 7) is 27.4. The molecular weight excluding hydrogens is 1020 g/mol. The number of unbranched alkanes of at least 4 members (excludes halogenated alkanes) is 2. The molecule has 79 heavy (non-hydrogen) atoms. The van der Waals surface area contributed by atoms with E-state index in [0.717, 1.165) is 11.1 Å². The van der Waals surface area contributed by atoms with E-state index in [0.29, 0.717) is 47.2 Å². The molecule has 420 valence electrons. The number of carbonyl (C=O) groups is 4. The molecule has 4 heterocycles. The molecule has 10 rings (SSSR count). The van der Waals surface area contributed by atoms with Crippen LogP contribution >= 0.6 is 0 Å². The molecule has 2 aliphatic heterocycles. The fourth-order valence-electron chi connectivity index (χ4n) is 10.8. The number of para-hydroxylation sites is 2. The Morgan fingerprint density at radius 2 is 0.810 bits per heavy atom. The summed E-state index contributed by atoms with van der Waals surface area (Å²) in [5.74, 6) is -5.20. The van der Waals surface area contributed by atoms with Gasteiger partial charge in [-0.15, -0.1) is 0 Å². The van der Waals surface area contributed by atoms with Crippen molar-refractivity contribution in [1.82, 2.24) is 19.1 Å². The van der Waals surface area contributed by atoms with Gasteiger partial charge in [0, 0.05) is 38.1 Å². The van der Waals surface area contributed by atoms with Gasteiger partial charge in [-0.25, -0.2) is 19.8 Å². The van der Waals surface area contributed by atoms with Crippen LogP contribution in [0.15, 0.2) is 134 Å². The lowest BCUT2D eigenvalue weighted by atomic mass is 9.72. The van der Waals surface area contributed by atoms with Crippen LogP contribution in [-0.2, 0) is 41.1 Å². The van der Waals surface area contributed by atoms with E-state index in [9.17, 15) is 29.4 Å². The maximum atomic E-state index is 14.0. The standard InChI is InChI=1S/2C29H35N3O4Si.C5H12/c2*1-29(2,3)37(4,5)36-17-21-22-23(28(35)32(27(22)34)20-14-10-7-11-15-20)25-24(26(21)33)30-18-31(25)16-19-12-8-6-9-13-19;1-3-5-4-2/h2*6-15,18,21-23,26,33H,16-17H2,1-5H3;3-5H2,1-2H3/t2*21-,22+,23+,26+;/m00./s1. The van der Waals surface area contributed by atoms with Gasteiger partial charge in [0.1, 0.15) is 12.2 Å². The number of imide groups is 2. The van der Waals surface area contributed by atoms with Crippen LogP contribution in [-0.4, -0.2) is 82.8 Å². The third kappa shape index (κ3) is 11.9. The van der Waals surface area contributed by atoms with E-state index in [1.807, 2.05) is 106 Å². The number of hydrogen-bond donors (Lipinski definition) is 2. The molecule has 2 saturated heterocycles. The second-order valence-electron chi connectivity index (χ2n) is 24.7. The van der Waals surface area contributed by atoms with Crippen molar-refractivity contribution in [3.8, 4) is 0 Å². The Balaban J connectivity index is 0.000000192. The van der Waals surface area contributed by atoms with Crippen LogP contribution in [0.25, 0.3) is 0 Å². The van der Waals surface area contributed by atoms with Gasteiger partial charge in [-0.05, 0) is 71.7 Å². The Labute approximate surface area is 469 Å². The van der Waals surface area contributed by atoms with E-state index in [-0.39, 0.29) is 46.9 Å². The van der Waals surface area contributed by atoms with Crippen molar-refractivity contribution in [3.05, 3.63) is 168 Å². The van der Waals surface area contributed by atoms with Crippen molar-refractivity contribution >= 4 is 51.6 Å². The van der Waals surface area contributed by atoms with Crippen molar-refractivity contribution in [1.29, 1.82) is 0 Å². The molecule has 2 fully saturated rings. The summed E-state index contributed by atoms with van der Waals surface area (Å²) in [7, 11) is -4.33. The van der Waals surface area contributed by atoms with Crippen LogP contribution in [0.5, 0.6) is 0 Å². The van der Waals surface area contributed by atoms with Gasteiger partial charge in [0.25, 0.3) is 0 Å². The van der Waals surface area contributed by atoms with Crippen LogP contribution in [0.2, 0.25) is 36.3 Å². The molecule has 4 amide bonds. The first-order chi connectivity index (χ1) is 37.4. The minimum atomic E-state index is -2.17. The number of amides is 4. The second kappa shape index (κ2) is 23.9. The Morgan fingerprint density at radius 3 is 1.10 bits per heavy atom. The van der Waals surface area contributed by atoms with Crippen LogP contribution in [0, 0.1) is 23.7 Å². The SMILES string of the molecule is CC(C)(C)[Si](C)(C)OC[C@H]1[C@H]2C(=O)N(c3ccccc3)C(=O)[C@H]2c2c(ncn2Cc2ccccc2)[C@@H]1O.CC(C)(C)[Si](C)(C)OC[C@H]1[C@H]2C(=O)N(c3ccccc3)C(=O)[C@H]2c2c(ncn2Cc2ccccc2)[C@@H]1O.CCCCC. The Kier molecular flexibility index (Phi) is 17.8. The van der Waals surface area contributed by atoms with Gasteiger partial charge in [0.2, 0.25) is 23.6 Å². The summed E-state index contributed by atoms with van der Waals surface area (Å²) >= 11 is 0. The number of aromatic nitrogens is 4. The van der Waals surface area contributed by atoms with Gasteiger partial charge in [-0.2, -0.15) is 0 Å². The van der Waals surface area contributed by atoms with Crippen molar-refractivity contribution in [3.63, 3.8) is 0 Å². The molecule has 8 atom stereocenters. The van der Waals surface area contributed by atoms with Gasteiger partial charge in [-0.1, -0.05) is 172 Å². The summed E-state index contributed by atoms with van der Waals surface area (Å²) < 4.78 is 16.9. The van der Waals surface area contributed by atoms with Crippen LogP contribution in [0.3, 0.4) is 0 Å². The largest absolute Gasteiger partial charge is 0.416 e. The number of nitrogens with zero attached hydrogens (tertiary/aromatic N) is 6. The van der Waals surface area contributed by atoms with E-state index in [1.54, 1.807) is 36.9 Å². The van der Waals surface area contributed by atoms with Crippen LogP contribution in [0.1, 0.15) is 133 Å². The Morgan fingerprint density at radius 1 is 0.494 bits per heavy atom. The predicted molar refractivity (Wildman–Crippen MR) is 314 cm³/mol. The molecule has 0 spiro atoms. The molecule has 2 aromatic heterocycles. The lowest BCUT2D eigenvalue weighted by Crippen LogP contribution is -2.45. The Hall–Kier alpha value is -6.15. The minimum absolute atomic E-state index is 0.0278. The molecule has 0 unspecified atom stereocenters. The number of benzene rings is 4. The molecule has 4 aromatic carbocycles. The van der Waals surface area contributed by atoms with E-state index < -0.39 is 64.4 Å². The molecule has 2 N–H and O–H groups in total. The Bertz CT molecular complexity index is 2860. The normalized spacial score (nSPS) is 22.8. The highest BCUT2D eigenvalue weighted by molar-refractivity contribution is 6.74. The maximum absolute atomic E-state index is 14.0. The number of fused-ring (bicyclic) bond motifs is 6. The van der Waals surface area contributed by atoms with Crippen molar-refractivity contribution in [2.45, 2.75) is 148 Å². The summed E-state index contributed by atoms with van der Waals surface area (Å²) in [4.78, 5) is 67.6. The molecular formula is C63H82N6O8Si2. The van der Waals surface area contributed by atoms with Crippen molar-refractivity contribution in [2.75, 3.05) is 23.0 Å². The van der Waals surface area contributed by atoms with Crippen molar-refractivity contribution in [2.24, 2.45) is 23.7 Å². The number of aliphatic hydroxyl groups is 2. The zero-order chi connectivity index (χ0) is 57.2. The maximum Gasteiger partial charge on any atom is 0.243 e. The highest BCUT2D eigenvalue weighted by Crippen LogP contribution is 2.53. The fourth-order valence-corrected chi connectivity index (χ4v) is 12.9. The first-order valence-electron chi connectivity index (χ1n) is 28.1. The zero-order valence-corrected chi connectivity index (χ0v) is 50.3. The topological polar surface area (TPSA) is 169 Å². The van der Waals surface area contributed by atoms with Gasteiger partial charge >= 0.3 is 0 Å². The average Bonchev–Trinajstić information content (AvgIpc) is 4.37. The first-order valence-corrected chi connectivity index (χ1v) is 33.9. The summed E-state index contributed by atoms with van der Waals surface area (Å²) in [6, 6.07) is 37.9. The smallest absolute Gasteiger partial charge is 0.243 e. The second-order valence-corrected chi connectivity index (χ2v) is 34.3. The molecule has 0 bridgehead atoms. The number of aliphatic hydroxyl groups excluding tert-OH is 2. The predicted octanol–water partition coefficient (Wildman–Crippen LogP) is 12.0. The van der Waals surface area contributed by atoms with Gasteiger partial charge in [0.15, 0.2) is 16.6 Å². The number of anilines is 2. The summed E-state index contributed by atoms with van der Waals surface area (Å²) in [6.07, 6.45) is 5.42. The van der Waals surface area contributed by atoms with E-state index >= 15 is 0 Å². The quantitative estimate of drug-likeness (QED) is 0.0791. The third-order valence-electron chi connectivity index (χ3n) is 17.4. The van der Waals surface area contributed by atoms with Crippen LogP contribution in [0.4, 0.5) is 11.4 Å². The molecule has 2 aliphatic carbocycles. The fraction of sp³-hybridized carbons (Fsp3) is 0.460. The highest BCUT2D eigenvalue weighted by Gasteiger charge is 2.61. The van der Waals surface area contributed by atoms with Crippen molar-refractivity contribution < 1.29 is 38.2 Å². The molecule has 0 saturated carbocycles. The number of hydrogen-bond acceptors (Lipinski definition) is 10. The van der Waals surface area contributed by atoms with E-state index in [2.05, 4.69) is 91.5 Å². The van der Waals surface area contributed by atoms with Gasteiger partial charge in [0.05, 0.1) is 70.5 Å². The number of rotatable bonds is 14. The third-order valence-corrected chi connectivity index (χ3v) is 26.4. The zero-order valence-electron chi connectivity index (χ0n) is 48.3. The number of carbonyl (C=O) groups excluding carboxylic acids is 4. The highest BCUT2D eigenvalue weighted by atomic mass is 28.4. The van der Waals surface area contributed by atoms with E-state index in [4.69, 9.17) is 8.85 Å². The first kappa shape index (κ1) is 59.0. The molecule has 4 aliphatic rings. The summed E-state index contributed by atoms with van der Waals surface area (Å²) in [5.41, 5.74) is 5.38. The lowest BCUT2D eigenvalue weighted by Gasteiger charge is -2.40. The van der Waals surface area contributed by atoms with Gasteiger partial charge < -0.3 is 28.2 Å².